The molecule has 0 radical (unpaired) electrons. The highest BCUT2D eigenvalue weighted by atomic mass is 35.5. The second-order valence-electron chi connectivity index (χ2n) is 7.57. The summed E-state index contributed by atoms with van der Waals surface area (Å²) in [7, 11) is -2.86. The first kappa shape index (κ1) is 25.6. The van der Waals surface area contributed by atoms with Crippen molar-refractivity contribution in [2.75, 3.05) is 24.4 Å². The van der Waals surface area contributed by atoms with Gasteiger partial charge in [-0.25, -0.2) is 10.5 Å². The number of nitrogens with zero attached hydrogens (tertiary/aromatic N) is 2. The van der Waals surface area contributed by atoms with Crippen LogP contribution in [0.15, 0.2) is 54.7 Å². The number of hydroxylamine groups is 1. The first-order valence-electron chi connectivity index (χ1n) is 10.3. The van der Waals surface area contributed by atoms with Crippen LogP contribution in [0.2, 0.25) is 5.02 Å². The van der Waals surface area contributed by atoms with E-state index in [1.54, 1.807) is 42.5 Å². The van der Waals surface area contributed by atoms with Crippen molar-refractivity contribution in [2.24, 2.45) is 5.92 Å². The quantitative estimate of drug-likeness (QED) is 0.233. The van der Waals surface area contributed by atoms with Gasteiger partial charge in [0.05, 0.1) is 23.8 Å². The normalized spacial score (nSPS) is 12.8. The number of halogens is 1. The number of aromatic nitrogens is 2. The molecule has 34 heavy (non-hydrogen) atoms. The molecule has 0 saturated heterocycles. The Bertz CT molecular complexity index is 1190. The van der Waals surface area contributed by atoms with E-state index >= 15 is 0 Å². The average Bonchev–Trinajstić information content (AvgIpc) is 2.81. The number of hydrogen-bond acceptors (Lipinski definition) is 8. The first-order chi connectivity index (χ1) is 16.2. The van der Waals surface area contributed by atoms with Crippen LogP contribution in [0.5, 0.6) is 0 Å². The van der Waals surface area contributed by atoms with Gasteiger partial charge in [0.15, 0.2) is 5.82 Å². The van der Waals surface area contributed by atoms with Crippen LogP contribution in [0.1, 0.15) is 24.2 Å². The molecular formula is C22H25ClN5O5P. The number of benzene rings is 2. The summed E-state index contributed by atoms with van der Waals surface area (Å²) in [5.74, 6) is 0.395. The molecule has 0 aliphatic carbocycles. The molecule has 0 bridgehead atoms. The molecule has 180 valence electrons. The lowest BCUT2D eigenvalue weighted by Gasteiger charge is -2.16. The molecular weight excluding hydrogens is 481 g/mol. The highest BCUT2D eigenvalue weighted by Gasteiger charge is 2.25. The van der Waals surface area contributed by atoms with Gasteiger partial charge >= 0.3 is 7.60 Å². The van der Waals surface area contributed by atoms with Gasteiger partial charge < -0.3 is 20.1 Å². The average molecular weight is 506 g/mol. The number of amides is 1. The van der Waals surface area contributed by atoms with Crippen molar-refractivity contribution < 1.29 is 23.6 Å². The zero-order chi connectivity index (χ0) is 24.7. The van der Waals surface area contributed by atoms with Crippen molar-refractivity contribution in [2.45, 2.75) is 13.8 Å². The van der Waals surface area contributed by atoms with Crippen LogP contribution >= 0.6 is 19.2 Å². The standard InChI is InChI=1S/C22H25ClN5O5P/c1-14(2)13-33-28-21(29)15-8-10-16(11-9-15)25-22-24-12-17(23)20(27-22)26-18-6-4-5-7-19(18)34(30,31)32-3/h4-12,14H,13H2,1-3H3,(H,28,29)(H,30,31)(H2,24,25,26,27). The molecule has 12 heteroatoms. The summed E-state index contributed by atoms with van der Waals surface area (Å²) in [6.07, 6.45) is 1.39. The lowest BCUT2D eigenvalue weighted by Crippen LogP contribution is -2.25. The van der Waals surface area contributed by atoms with Gasteiger partial charge in [-0.2, -0.15) is 4.98 Å². The minimum absolute atomic E-state index is 0.0768. The minimum atomic E-state index is -4.01. The van der Waals surface area contributed by atoms with E-state index in [9.17, 15) is 14.3 Å². The lowest BCUT2D eigenvalue weighted by atomic mass is 10.2. The second-order valence-corrected chi connectivity index (χ2v) is 9.87. The first-order valence-corrected chi connectivity index (χ1v) is 12.2. The van der Waals surface area contributed by atoms with E-state index in [2.05, 4.69) is 26.1 Å². The third-order valence-electron chi connectivity index (χ3n) is 4.44. The van der Waals surface area contributed by atoms with Crippen LogP contribution in [-0.2, 0) is 13.9 Å². The molecule has 3 aromatic rings. The van der Waals surface area contributed by atoms with Crippen LogP contribution < -0.4 is 21.4 Å². The molecule has 1 heterocycles. The van der Waals surface area contributed by atoms with E-state index in [4.69, 9.17) is 21.0 Å². The smallest absolute Gasteiger partial charge is 0.338 e. The van der Waals surface area contributed by atoms with Gasteiger partial charge in [-0.15, -0.1) is 0 Å². The zero-order valence-corrected chi connectivity index (χ0v) is 20.4. The lowest BCUT2D eigenvalue weighted by molar-refractivity contribution is 0.0208. The van der Waals surface area contributed by atoms with Crippen LogP contribution in [-0.4, -0.2) is 34.5 Å². The summed E-state index contributed by atoms with van der Waals surface area (Å²) >= 11 is 6.23. The molecule has 0 saturated carbocycles. The van der Waals surface area contributed by atoms with Gasteiger partial charge in [0.2, 0.25) is 5.95 Å². The van der Waals surface area contributed by atoms with Gasteiger partial charge in [-0.3, -0.25) is 14.2 Å². The Hall–Kier alpha value is -3.01. The van der Waals surface area contributed by atoms with E-state index in [1.807, 2.05) is 13.8 Å². The Labute approximate surface area is 202 Å². The number of carbonyl (C=O) groups excluding carboxylic acids is 1. The number of para-hydroxylation sites is 1. The molecule has 2 aromatic carbocycles. The molecule has 0 spiro atoms. The predicted octanol–water partition coefficient (Wildman–Crippen LogP) is 4.39. The maximum atomic E-state index is 12.3. The summed E-state index contributed by atoms with van der Waals surface area (Å²) < 4.78 is 17.1. The summed E-state index contributed by atoms with van der Waals surface area (Å²) in [4.78, 5) is 35.9. The Morgan fingerprint density at radius 1 is 1.15 bits per heavy atom. The van der Waals surface area contributed by atoms with E-state index in [1.165, 1.54) is 12.3 Å². The summed E-state index contributed by atoms with van der Waals surface area (Å²) in [5, 5.41) is 6.27. The minimum Gasteiger partial charge on any atom is -0.338 e. The third kappa shape index (κ3) is 6.75. The summed E-state index contributed by atoms with van der Waals surface area (Å²) in [6, 6.07) is 13.1. The van der Waals surface area contributed by atoms with Gasteiger partial charge in [0, 0.05) is 18.4 Å². The van der Waals surface area contributed by atoms with Crippen molar-refractivity contribution >= 4 is 53.5 Å². The van der Waals surface area contributed by atoms with Gasteiger partial charge in [-0.05, 0) is 42.3 Å². The molecule has 1 atom stereocenters. The molecule has 1 aromatic heterocycles. The van der Waals surface area contributed by atoms with E-state index < -0.39 is 7.60 Å². The fourth-order valence-corrected chi connectivity index (χ4v) is 3.78. The highest BCUT2D eigenvalue weighted by molar-refractivity contribution is 7.61. The Morgan fingerprint density at radius 2 is 1.85 bits per heavy atom. The van der Waals surface area contributed by atoms with Gasteiger partial charge in [0.1, 0.15) is 5.02 Å². The molecule has 10 nitrogen and oxygen atoms in total. The molecule has 0 aliphatic rings. The number of carbonyl (C=O) groups is 1. The Balaban J connectivity index is 1.73. The Kier molecular flexibility index (Phi) is 8.60. The summed E-state index contributed by atoms with van der Waals surface area (Å²) in [5.41, 5.74) is 3.78. The number of anilines is 4. The van der Waals surface area contributed by atoms with Crippen molar-refractivity contribution in [3.05, 3.63) is 65.3 Å². The largest absolute Gasteiger partial charge is 0.360 e. The molecule has 1 unspecified atom stereocenters. The van der Waals surface area contributed by atoms with Gasteiger partial charge in [0.25, 0.3) is 5.91 Å². The highest BCUT2D eigenvalue weighted by Crippen LogP contribution is 2.42. The fourth-order valence-electron chi connectivity index (χ4n) is 2.73. The number of rotatable bonds is 10. The third-order valence-corrected chi connectivity index (χ3v) is 6.21. The van der Waals surface area contributed by atoms with Crippen molar-refractivity contribution in [1.29, 1.82) is 0 Å². The van der Waals surface area contributed by atoms with Crippen molar-refractivity contribution in [3.63, 3.8) is 0 Å². The topological polar surface area (TPSA) is 135 Å². The SMILES string of the molecule is COP(=O)(O)c1ccccc1Nc1nc(Nc2ccc(C(=O)NOCC(C)C)cc2)ncc1Cl. The molecule has 0 fully saturated rings. The second kappa shape index (κ2) is 11.4. The number of nitrogens with one attached hydrogen (secondary N) is 3. The van der Waals surface area contributed by atoms with Crippen LogP contribution in [0, 0.1) is 5.92 Å². The van der Waals surface area contributed by atoms with Crippen LogP contribution in [0.3, 0.4) is 0 Å². The molecule has 0 aliphatic heterocycles. The maximum absolute atomic E-state index is 12.3. The fraction of sp³-hybridized carbons (Fsp3) is 0.227. The van der Waals surface area contributed by atoms with Crippen molar-refractivity contribution in [3.8, 4) is 0 Å². The number of hydrogen-bond donors (Lipinski definition) is 4. The molecule has 3 rings (SSSR count). The van der Waals surface area contributed by atoms with E-state index in [0.717, 1.165) is 7.11 Å². The monoisotopic (exact) mass is 505 g/mol. The van der Waals surface area contributed by atoms with Crippen molar-refractivity contribution in [1.82, 2.24) is 15.4 Å². The predicted molar refractivity (Wildman–Crippen MR) is 131 cm³/mol. The summed E-state index contributed by atoms with van der Waals surface area (Å²) in [6.45, 7) is 4.38. The molecule has 4 N–H and O–H groups in total. The van der Waals surface area contributed by atoms with Crippen LogP contribution in [0.25, 0.3) is 0 Å². The maximum Gasteiger partial charge on any atom is 0.360 e. The zero-order valence-electron chi connectivity index (χ0n) is 18.8. The molecule has 1 amide bonds. The van der Waals surface area contributed by atoms with Gasteiger partial charge in [-0.1, -0.05) is 37.6 Å². The van der Waals surface area contributed by atoms with E-state index in [-0.39, 0.29) is 28.0 Å². The van der Waals surface area contributed by atoms with E-state index in [0.29, 0.717) is 29.5 Å². The van der Waals surface area contributed by atoms with Crippen LogP contribution in [0.4, 0.5) is 23.1 Å². The Morgan fingerprint density at radius 3 is 2.53 bits per heavy atom.